The zero-order valence-electron chi connectivity index (χ0n) is 19.1. The third kappa shape index (κ3) is 18.6. The van der Waals surface area contributed by atoms with Crippen molar-refractivity contribution in [3.63, 3.8) is 0 Å². The monoisotopic (exact) mass is 409 g/mol. The van der Waals surface area contributed by atoms with Gasteiger partial charge in [-0.2, -0.15) is 0 Å². The molecule has 0 aliphatic heterocycles. The molecular formula is C25H47NO3. The Morgan fingerprint density at radius 2 is 1.34 bits per heavy atom. The van der Waals surface area contributed by atoms with E-state index in [2.05, 4.69) is 31.3 Å². The first-order valence-corrected chi connectivity index (χ1v) is 12.1. The number of allylic oxidation sites excluding steroid dienone is 3. The molecule has 0 saturated carbocycles. The zero-order chi connectivity index (χ0) is 21.6. The van der Waals surface area contributed by atoms with Gasteiger partial charge in [-0.05, 0) is 32.1 Å². The van der Waals surface area contributed by atoms with Crippen LogP contribution in [0, 0.1) is 0 Å². The number of amides is 1. The molecule has 3 N–H and O–H groups in total. The number of hydrogen-bond donors (Lipinski definition) is 3. The number of carbonyl (C=O) groups excluding carboxylic acids is 1. The standard InChI is InChI=1S/C25H47NO3/c1-3-5-7-8-9-10-11-12-13-14-15-16-17-19-20-24(28)23(22-27)26-25(29)21-18-6-4-2/h14-15,19-20,23-24,27-28H,3-13,16-18,21-22H2,1-2H3,(H,26,29)/b15-14+,20-19+. The van der Waals surface area contributed by atoms with E-state index in [1.807, 2.05) is 6.08 Å². The van der Waals surface area contributed by atoms with Crippen LogP contribution in [0.3, 0.4) is 0 Å². The van der Waals surface area contributed by atoms with Gasteiger partial charge in [0.05, 0.1) is 18.8 Å². The molecule has 29 heavy (non-hydrogen) atoms. The van der Waals surface area contributed by atoms with Gasteiger partial charge >= 0.3 is 0 Å². The molecule has 2 unspecified atom stereocenters. The molecule has 0 saturated heterocycles. The van der Waals surface area contributed by atoms with Crippen molar-refractivity contribution >= 4 is 5.91 Å². The van der Waals surface area contributed by atoms with Crippen molar-refractivity contribution < 1.29 is 15.0 Å². The molecule has 4 nitrogen and oxygen atoms in total. The van der Waals surface area contributed by atoms with Crippen molar-refractivity contribution in [2.75, 3.05) is 6.61 Å². The molecule has 0 bridgehead atoms. The minimum Gasteiger partial charge on any atom is -0.394 e. The number of aliphatic hydroxyl groups excluding tert-OH is 2. The van der Waals surface area contributed by atoms with E-state index in [0.29, 0.717) is 6.42 Å². The molecule has 0 radical (unpaired) electrons. The van der Waals surface area contributed by atoms with Crippen LogP contribution in [0.1, 0.15) is 110 Å². The predicted octanol–water partition coefficient (Wildman–Crippen LogP) is 5.83. The van der Waals surface area contributed by atoms with Crippen LogP contribution >= 0.6 is 0 Å². The van der Waals surface area contributed by atoms with Gasteiger partial charge in [-0.15, -0.1) is 0 Å². The lowest BCUT2D eigenvalue weighted by atomic mass is 10.1. The summed E-state index contributed by atoms with van der Waals surface area (Å²) in [6.45, 7) is 4.09. The first-order chi connectivity index (χ1) is 14.2. The van der Waals surface area contributed by atoms with Gasteiger partial charge in [0.15, 0.2) is 0 Å². The Labute approximate surface area is 179 Å². The average molecular weight is 410 g/mol. The summed E-state index contributed by atoms with van der Waals surface area (Å²) in [5, 5.41) is 22.3. The average Bonchev–Trinajstić information content (AvgIpc) is 2.72. The van der Waals surface area contributed by atoms with Gasteiger partial charge in [0.2, 0.25) is 5.91 Å². The molecule has 2 atom stereocenters. The quantitative estimate of drug-likeness (QED) is 0.175. The highest BCUT2D eigenvalue weighted by Gasteiger charge is 2.17. The molecular weight excluding hydrogens is 362 g/mol. The third-order valence-electron chi connectivity index (χ3n) is 5.19. The van der Waals surface area contributed by atoms with Crippen LogP contribution in [0.25, 0.3) is 0 Å². The maximum atomic E-state index is 11.8. The minimum absolute atomic E-state index is 0.103. The van der Waals surface area contributed by atoms with Crippen molar-refractivity contribution in [3.8, 4) is 0 Å². The summed E-state index contributed by atoms with van der Waals surface area (Å²) >= 11 is 0. The number of hydrogen-bond acceptors (Lipinski definition) is 3. The SMILES string of the molecule is CCCCCCCCCC/C=C/CC/C=C/C(O)C(CO)NC(=O)CCCCC. The molecule has 170 valence electrons. The largest absolute Gasteiger partial charge is 0.394 e. The fourth-order valence-electron chi connectivity index (χ4n) is 3.25. The Bertz CT molecular complexity index is 420. The summed E-state index contributed by atoms with van der Waals surface area (Å²) in [4.78, 5) is 11.8. The Kier molecular flexibility index (Phi) is 20.7. The van der Waals surface area contributed by atoms with Crippen LogP contribution in [0.5, 0.6) is 0 Å². The van der Waals surface area contributed by atoms with Crippen LogP contribution in [0.15, 0.2) is 24.3 Å². The normalized spacial score (nSPS) is 13.9. The second-order valence-corrected chi connectivity index (χ2v) is 8.04. The Hall–Kier alpha value is -1.13. The summed E-state index contributed by atoms with van der Waals surface area (Å²) in [5.74, 6) is -0.103. The summed E-state index contributed by atoms with van der Waals surface area (Å²) < 4.78 is 0. The van der Waals surface area contributed by atoms with E-state index in [9.17, 15) is 15.0 Å². The highest BCUT2D eigenvalue weighted by atomic mass is 16.3. The Morgan fingerprint density at radius 3 is 2.00 bits per heavy atom. The molecule has 0 aliphatic rings. The fourth-order valence-corrected chi connectivity index (χ4v) is 3.25. The molecule has 0 fully saturated rings. The second-order valence-electron chi connectivity index (χ2n) is 8.04. The minimum atomic E-state index is -0.851. The van der Waals surface area contributed by atoms with Crippen LogP contribution in [-0.2, 0) is 4.79 Å². The van der Waals surface area contributed by atoms with E-state index in [0.717, 1.165) is 38.5 Å². The summed E-state index contributed by atoms with van der Waals surface area (Å²) in [6.07, 6.45) is 24.4. The van der Waals surface area contributed by atoms with Gasteiger partial charge in [-0.25, -0.2) is 0 Å². The second kappa shape index (κ2) is 21.6. The molecule has 0 aliphatic carbocycles. The van der Waals surface area contributed by atoms with Gasteiger partial charge in [0.25, 0.3) is 0 Å². The van der Waals surface area contributed by atoms with Crippen molar-refractivity contribution in [1.29, 1.82) is 0 Å². The molecule has 0 rings (SSSR count). The van der Waals surface area contributed by atoms with E-state index in [-0.39, 0.29) is 12.5 Å². The van der Waals surface area contributed by atoms with Crippen molar-refractivity contribution in [2.24, 2.45) is 0 Å². The summed E-state index contributed by atoms with van der Waals surface area (Å²) in [6, 6.07) is -0.627. The number of carbonyl (C=O) groups is 1. The number of aliphatic hydroxyl groups is 2. The van der Waals surface area contributed by atoms with Crippen molar-refractivity contribution in [3.05, 3.63) is 24.3 Å². The molecule has 0 aromatic carbocycles. The van der Waals surface area contributed by atoms with Gasteiger partial charge in [-0.3, -0.25) is 4.79 Å². The fraction of sp³-hybridized carbons (Fsp3) is 0.800. The van der Waals surface area contributed by atoms with E-state index < -0.39 is 12.1 Å². The molecule has 0 spiro atoms. The number of unbranched alkanes of at least 4 members (excludes halogenated alkanes) is 11. The smallest absolute Gasteiger partial charge is 0.220 e. The van der Waals surface area contributed by atoms with Crippen LogP contribution in [-0.4, -0.2) is 34.9 Å². The number of nitrogens with one attached hydrogen (secondary N) is 1. The maximum absolute atomic E-state index is 11.8. The van der Waals surface area contributed by atoms with Crippen LogP contribution in [0.4, 0.5) is 0 Å². The topological polar surface area (TPSA) is 69.6 Å². The molecule has 0 heterocycles. The van der Waals surface area contributed by atoms with Crippen LogP contribution < -0.4 is 5.32 Å². The van der Waals surface area contributed by atoms with Gasteiger partial charge in [0.1, 0.15) is 0 Å². The van der Waals surface area contributed by atoms with Crippen LogP contribution in [0.2, 0.25) is 0 Å². The van der Waals surface area contributed by atoms with E-state index in [1.54, 1.807) is 6.08 Å². The van der Waals surface area contributed by atoms with Crippen molar-refractivity contribution in [2.45, 2.75) is 122 Å². The molecule has 0 aromatic heterocycles. The van der Waals surface area contributed by atoms with Gasteiger partial charge in [0, 0.05) is 6.42 Å². The lowest BCUT2D eigenvalue weighted by Gasteiger charge is -2.19. The highest BCUT2D eigenvalue weighted by molar-refractivity contribution is 5.76. The molecule has 4 heteroatoms. The zero-order valence-corrected chi connectivity index (χ0v) is 19.1. The molecule has 0 aromatic rings. The first kappa shape index (κ1) is 27.9. The number of rotatable bonds is 20. The van der Waals surface area contributed by atoms with E-state index in [4.69, 9.17) is 0 Å². The van der Waals surface area contributed by atoms with Crippen molar-refractivity contribution in [1.82, 2.24) is 5.32 Å². The molecule has 1 amide bonds. The van der Waals surface area contributed by atoms with E-state index >= 15 is 0 Å². The Morgan fingerprint density at radius 1 is 0.793 bits per heavy atom. The summed E-state index contributed by atoms with van der Waals surface area (Å²) in [5.41, 5.74) is 0. The van der Waals surface area contributed by atoms with E-state index in [1.165, 1.54) is 51.4 Å². The first-order valence-electron chi connectivity index (χ1n) is 12.1. The Balaban J connectivity index is 3.74. The lowest BCUT2D eigenvalue weighted by molar-refractivity contribution is -0.123. The summed E-state index contributed by atoms with van der Waals surface area (Å²) in [7, 11) is 0. The predicted molar refractivity (Wildman–Crippen MR) is 124 cm³/mol. The van der Waals surface area contributed by atoms with Gasteiger partial charge < -0.3 is 15.5 Å². The highest BCUT2D eigenvalue weighted by Crippen LogP contribution is 2.10. The maximum Gasteiger partial charge on any atom is 0.220 e. The third-order valence-corrected chi connectivity index (χ3v) is 5.19. The van der Waals surface area contributed by atoms with Gasteiger partial charge in [-0.1, -0.05) is 95.9 Å². The lowest BCUT2D eigenvalue weighted by Crippen LogP contribution is -2.45.